The number of amides is 1. The Hall–Kier alpha value is -1.39. The summed E-state index contributed by atoms with van der Waals surface area (Å²) < 4.78 is 5.67. The summed E-state index contributed by atoms with van der Waals surface area (Å²) in [4.78, 5) is 12.3. The highest BCUT2D eigenvalue weighted by Crippen LogP contribution is 2.24. The van der Waals surface area contributed by atoms with Gasteiger partial charge < -0.3 is 15.8 Å². The Morgan fingerprint density at radius 2 is 2.30 bits per heavy atom. The van der Waals surface area contributed by atoms with Gasteiger partial charge in [0.2, 0.25) is 0 Å². The van der Waals surface area contributed by atoms with Crippen LogP contribution in [0.3, 0.4) is 0 Å². The van der Waals surface area contributed by atoms with Crippen LogP contribution >= 0.6 is 0 Å². The van der Waals surface area contributed by atoms with Crippen molar-refractivity contribution in [3.63, 3.8) is 0 Å². The molecule has 0 saturated carbocycles. The summed E-state index contributed by atoms with van der Waals surface area (Å²) in [7, 11) is 0. The minimum atomic E-state index is -0.155. The molecule has 3 N–H and O–H groups in total. The Balaban J connectivity index is 1.99. The molecule has 1 aliphatic heterocycles. The second-order valence-electron chi connectivity index (χ2n) is 6.01. The number of nitrogens with two attached hydrogens (primary N) is 1. The summed E-state index contributed by atoms with van der Waals surface area (Å²) in [5.41, 5.74) is 7.21. The first-order valence-corrected chi connectivity index (χ1v) is 7.24. The topological polar surface area (TPSA) is 64.4 Å². The van der Waals surface area contributed by atoms with Gasteiger partial charge in [-0.15, -0.1) is 0 Å². The van der Waals surface area contributed by atoms with Crippen LogP contribution in [0.1, 0.15) is 42.6 Å². The predicted octanol–water partition coefficient (Wildman–Crippen LogP) is 1.88. The quantitative estimate of drug-likeness (QED) is 0.882. The Morgan fingerprint density at radius 1 is 1.50 bits per heavy atom. The molecule has 1 fully saturated rings. The molecule has 1 heterocycles. The summed E-state index contributed by atoms with van der Waals surface area (Å²) in [5, 5.41) is 3.11. The van der Waals surface area contributed by atoms with E-state index in [4.69, 9.17) is 10.5 Å². The summed E-state index contributed by atoms with van der Waals surface area (Å²) in [5.74, 6) is -0.00780. The molecule has 20 heavy (non-hydrogen) atoms. The molecule has 1 aromatic carbocycles. The highest BCUT2D eigenvalue weighted by Gasteiger charge is 2.29. The molecular weight excluding hydrogens is 252 g/mol. The van der Waals surface area contributed by atoms with Crippen LogP contribution < -0.4 is 11.1 Å². The van der Waals surface area contributed by atoms with Gasteiger partial charge in [0, 0.05) is 18.2 Å². The van der Waals surface area contributed by atoms with Gasteiger partial charge in [-0.25, -0.2) is 0 Å². The van der Waals surface area contributed by atoms with E-state index < -0.39 is 0 Å². The molecule has 0 spiro atoms. The Kier molecular flexibility index (Phi) is 4.78. The number of carbonyl (C=O) groups excluding carboxylic acids is 1. The molecule has 1 aliphatic rings. The third-order valence-corrected chi connectivity index (χ3v) is 3.65. The Bertz CT molecular complexity index is 471. The van der Waals surface area contributed by atoms with Crippen LogP contribution in [0.25, 0.3) is 0 Å². The van der Waals surface area contributed by atoms with Crippen LogP contribution in [0.2, 0.25) is 0 Å². The van der Waals surface area contributed by atoms with Crippen LogP contribution in [0.5, 0.6) is 0 Å². The van der Waals surface area contributed by atoms with E-state index in [0.29, 0.717) is 18.7 Å². The van der Waals surface area contributed by atoms with Gasteiger partial charge in [0.25, 0.3) is 5.91 Å². The maximum absolute atomic E-state index is 12.3. The van der Waals surface area contributed by atoms with Crippen LogP contribution in [-0.2, 0) is 11.2 Å². The number of nitrogens with one attached hydrogen (secondary N) is 1. The van der Waals surface area contributed by atoms with E-state index >= 15 is 0 Å². The number of benzene rings is 1. The second kappa shape index (κ2) is 6.37. The first-order valence-electron chi connectivity index (χ1n) is 7.24. The molecule has 2 rings (SSSR count). The van der Waals surface area contributed by atoms with Crippen molar-refractivity contribution in [2.24, 2.45) is 5.73 Å². The molecule has 1 saturated heterocycles. The maximum atomic E-state index is 12.3. The summed E-state index contributed by atoms with van der Waals surface area (Å²) in [6.45, 7) is 5.42. The monoisotopic (exact) mass is 276 g/mol. The van der Waals surface area contributed by atoms with E-state index in [0.717, 1.165) is 24.8 Å². The molecule has 4 nitrogen and oxygen atoms in total. The molecule has 1 amide bonds. The van der Waals surface area contributed by atoms with Gasteiger partial charge in [-0.2, -0.15) is 0 Å². The van der Waals surface area contributed by atoms with E-state index in [1.165, 1.54) is 0 Å². The molecule has 1 unspecified atom stereocenters. The average molecular weight is 276 g/mol. The predicted molar refractivity (Wildman–Crippen MR) is 79.7 cm³/mol. The van der Waals surface area contributed by atoms with E-state index in [9.17, 15) is 4.79 Å². The van der Waals surface area contributed by atoms with Crippen molar-refractivity contribution in [3.8, 4) is 0 Å². The lowest BCUT2D eigenvalue weighted by molar-refractivity contribution is -0.0615. The Morgan fingerprint density at radius 3 is 3.00 bits per heavy atom. The summed E-state index contributed by atoms with van der Waals surface area (Å²) >= 11 is 0. The number of rotatable bonds is 4. The lowest BCUT2D eigenvalue weighted by Gasteiger charge is -2.35. The summed E-state index contributed by atoms with van der Waals surface area (Å²) in [6, 6.07) is 7.87. The molecule has 0 radical (unpaired) electrons. The highest BCUT2D eigenvalue weighted by molar-refractivity contribution is 5.94. The molecule has 1 aromatic rings. The van der Waals surface area contributed by atoms with Crippen molar-refractivity contribution in [2.45, 2.75) is 44.8 Å². The first kappa shape index (κ1) is 15.0. The number of ether oxygens (including phenoxy) is 1. The van der Waals surface area contributed by atoms with Gasteiger partial charge in [0.1, 0.15) is 0 Å². The minimum Gasteiger partial charge on any atom is -0.375 e. The van der Waals surface area contributed by atoms with Gasteiger partial charge in [0.05, 0.1) is 5.60 Å². The fourth-order valence-corrected chi connectivity index (χ4v) is 2.66. The van der Waals surface area contributed by atoms with E-state index in [1.807, 2.05) is 24.3 Å². The molecule has 110 valence electrons. The standard InChI is InChI=1S/C16H24N2O2/c1-16(2)11-14(7-9-20-16)18-15(19)13-5-3-4-12(10-13)6-8-17/h3-5,10,14H,6-9,11,17H2,1-2H3,(H,18,19). The van der Waals surface area contributed by atoms with Gasteiger partial charge in [-0.3, -0.25) is 4.79 Å². The fourth-order valence-electron chi connectivity index (χ4n) is 2.66. The second-order valence-corrected chi connectivity index (χ2v) is 6.01. The Labute approximate surface area is 120 Å². The third-order valence-electron chi connectivity index (χ3n) is 3.65. The van der Waals surface area contributed by atoms with Crippen molar-refractivity contribution in [2.75, 3.05) is 13.2 Å². The summed E-state index contributed by atoms with van der Waals surface area (Å²) in [6.07, 6.45) is 2.52. The molecular formula is C16H24N2O2. The van der Waals surface area contributed by atoms with Crippen molar-refractivity contribution in [1.82, 2.24) is 5.32 Å². The van der Waals surface area contributed by atoms with Gasteiger partial charge >= 0.3 is 0 Å². The number of hydrogen-bond donors (Lipinski definition) is 2. The van der Waals surface area contributed by atoms with Gasteiger partial charge in [-0.05, 0) is 57.4 Å². The SMILES string of the molecule is CC1(C)CC(NC(=O)c2cccc(CCN)c2)CCO1. The van der Waals surface area contributed by atoms with Gasteiger partial charge in [-0.1, -0.05) is 12.1 Å². The minimum absolute atomic E-state index is 0.00780. The molecule has 0 aromatic heterocycles. The van der Waals surface area contributed by atoms with Gasteiger partial charge in [0.15, 0.2) is 0 Å². The van der Waals surface area contributed by atoms with Crippen molar-refractivity contribution >= 4 is 5.91 Å². The smallest absolute Gasteiger partial charge is 0.251 e. The van der Waals surface area contributed by atoms with Crippen molar-refractivity contribution < 1.29 is 9.53 Å². The molecule has 0 aliphatic carbocycles. The molecule has 0 bridgehead atoms. The first-order chi connectivity index (χ1) is 9.50. The third kappa shape index (κ3) is 4.05. The highest BCUT2D eigenvalue weighted by atomic mass is 16.5. The largest absolute Gasteiger partial charge is 0.375 e. The van der Waals surface area contributed by atoms with Crippen LogP contribution in [0.4, 0.5) is 0 Å². The maximum Gasteiger partial charge on any atom is 0.251 e. The zero-order chi connectivity index (χ0) is 14.6. The zero-order valence-electron chi connectivity index (χ0n) is 12.3. The van der Waals surface area contributed by atoms with Crippen LogP contribution in [0, 0.1) is 0 Å². The normalized spacial score (nSPS) is 21.4. The van der Waals surface area contributed by atoms with Crippen molar-refractivity contribution in [3.05, 3.63) is 35.4 Å². The van der Waals surface area contributed by atoms with E-state index in [1.54, 1.807) is 0 Å². The van der Waals surface area contributed by atoms with Crippen molar-refractivity contribution in [1.29, 1.82) is 0 Å². The van der Waals surface area contributed by atoms with Crippen LogP contribution in [-0.4, -0.2) is 30.7 Å². The molecule has 4 heteroatoms. The lowest BCUT2D eigenvalue weighted by Crippen LogP contribution is -2.45. The van der Waals surface area contributed by atoms with Crippen LogP contribution in [0.15, 0.2) is 24.3 Å². The fraction of sp³-hybridized carbons (Fsp3) is 0.562. The van der Waals surface area contributed by atoms with E-state index in [2.05, 4.69) is 19.2 Å². The average Bonchev–Trinajstić information content (AvgIpc) is 2.38. The number of carbonyl (C=O) groups is 1. The number of hydrogen-bond acceptors (Lipinski definition) is 3. The lowest BCUT2D eigenvalue weighted by atomic mass is 9.93. The zero-order valence-corrected chi connectivity index (χ0v) is 12.3. The van der Waals surface area contributed by atoms with E-state index in [-0.39, 0.29) is 17.6 Å². The molecule has 1 atom stereocenters.